The van der Waals surface area contributed by atoms with Crippen molar-refractivity contribution in [1.29, 1.82) is 5.26 Å². The monoisotopic (exact) mass is 212 g/mol. The van der Waals surface area contributed by atoms with Gasteiger partial charge in [-0.25, -0.2) is 0 Å². The first-order valence-corrected chi connectivity index (χ1v) is 5.26. The Labute approximate surface area is 86.4 Å². The van der Waals surface area contributed by atoms with E-state index in [2.05, 4.69) is 4.99 Å². The molecule has 0 radical (unpaired) electrons. The highest BCUT2D eigenvalue weighted by molar-refractivity contribution is 8.14. The first-order valence-electron chi connectivity index (χ1n) is 4.27. The zero-order valence-electron chi connectivity index (χ0n) is 7.77. The molecule has 0 aromatic rings. The summed E-state index contributed by atoms with van der Waals surface area (Å²) in [6.45, 7) is 2.38. The van der Waals surface area contributed by atoms with Crippen molar-refractivity contribution in [2.24, 2.45) is 4.99 Å². The molecule has 1 atom stereocenters. The van der Waals surface area contributed by atoms with Crippen LogP contribution >= 0.6 is 11.8 Å². The second-order valence-electron chi connectivity index (χ2n) is 2.78. The third kappa shape index (κ3) is 2.17. The first kappa shape index (κ1) is 10.9. The first-order chi connectivity index (χ1) is 6.70. The molecule has 1 aliphatic heterocycles. The van der Waals surface area contributed by atoms with E-state index in [1.165, 1.54) is 11.8 Å². The van der Waals surface area contributed by atoms with Gasteiger partial charge in [0, 0.05) is 12.3 Å². The van der Waals surface area contributed by atoms with Crippen LogP contribution in [0.2, 0.25) is 0 Å². The molecule has 0 aliphatic carbocycles. The number of aliphatic carboxylic acids is 1. The van der Waals surface area contributed by atoms with E-state index in [1.807, 2.05) is 0 Å². The van der Waals surface area contributed by atoms with Crippen LogP contribution < -0.4 is 5.11 Å². The number of rotatable bonds is 3. The minimum absolute atomic E-state index is 0.452. The highest BCUT2D eigenvalue weighted by atomic mass is 32.2. The normalized spacial score (nSPS) is 20.9. The molecule has 14 heavy (non-hydrogen) atoms. The molecule has 5 nitrogen and oxygen atoms in total. The number of hydrogen-bond acceptors (Lipinski definition) is 5. The molecule has 1 unspecified atom stereocenters. The van der Waals surface area contributed by atoms with Gasteiger partial charge in [0.05, 0.1) is 12.0 Å². The molecule has 0 N–H and O–H groups in total. The van der Waals surface area contributed by atoms with Gasteiger partial charge in [-0.2, -0.15) is 5.26 Å². The van der Waals surface area contributed by atoms with Gasteiger partial charge in [0.2, 0.25) is 6.19 Å². The standard InChI is InChI=1S/C8H11N3O2S/c1-2-6(7(12)13)11-3-4-14-8(11)10-5-9/h6H,2-4H2,1H3,(H,12,13)/p-1. The Morgan fingerprint density at radius 1 is 1.93 bits per heavy atom. The summed E-state index contributed by atoms with van der Waals surface area (Å²) in [5.41, 5.74) is 0. The molecule has 0 spiro atoms. The largest absolute Gasteiger partial charge is 0.548 e. The topological polar surface area (TPSA) is 79.5 Å². The van der Waals surface area contributed by atoms with Crippen LogP contribution in [0.5, 0.6) is 0 Å². The molecule has 1 saturated heterocycles. The summed E-state index contributed by atoms with van der Waals surface area (Å²) in [6, 6.07) is -0.669. The number of hydrogen-bond donors (Lipinski definition) is 0. The van der Waals surface area contributed by atoms with E-state index in [1.54, 1.807) is 18.0 Å². The maximum absolute atomic E-state index is 10.8. The summed E-state index contributed by atoms with van der Waals surface area (Å²) in [5, 5.41) is 19.7. The van der Waals surface area contributed by atoms with E-state index in [0.29, 0.717) is 18.1 Å². The second-order valence-corrected chi connectivity index (χ2v) is 3.84. The van der Waals surface area contributed by atoms with Crippen LogP contribution in [-0.2, 0) is 4.79 Å². The van der Waals surface area contributed by atoms with Crippen LogP contribution in [0.25, 0.3) is 0 Å². The molecule has 0 amide bonds. The van der Waals surface area contributed by atoms with Crippen molar-refractivity contribution in [3.8, 4) is 6.19 Å². The molecule has 76 valence electrons. The van der Waals surface area contributed by atoms with Gasteiger partial charge in [0.15, 0.2) is 5.17 Å². The zero-order valence-corrected chi connectivity index (χ0v) is 8.58. The van der Waals surface area contributed by atoms with Gasteiger partial charge in [-0.05, 0) is 6.42 Å². The summed E-state index contributed by atoms with van der Waals surface area (Å²) >= 11 is 1.40. The van der Waals surface area contributed by atoms with E-state index < -0.39 is 12.0 Å². The van der Waals surface area contributed by atoms with Gasteiger partial charge in [-0.15, -0.1) is 4.99 Å². The Bertz CT molecular complexity index is 297. The predicted molar refractivity (Wildman–Crippen MR) is 51.3 cm³/mol. The number of nitrogens with zero attached hydrogens (tertiary/aromatic N) is 3. The van der Waals surface area contributed by atoms with E-state index in [-0.39, 0.29) is 0 Å². The van der Waals surface area contributed by atoms with Crippen molar-refractivity contribution in [1.82, 2.24) is 4.90 Å². The highest BCUT2D eigenvalue weighted by Gasteiger charge is 2.26. The van der Waals surface area contributed by atoms with Gasteiger partial charge in [0.1, 0.15) is 0 Å². The summed E-state index contributed by atoms with van der Waals surface area (Å²) in [5.74, 6) is -0.342. The fourth-order valence-electron chi connectivity index (χ4n) is 1.36. The lowest BCUT2D eigenvalue weighted by Gasteiger charge is -2.28. The van der Waals surface area contributed by atoms with Gasteiger partial charge < -0.3 is 14.8 Å². The Kier molecular flexibility index (Phi) is 3.77. The lowest BCUT2D eigenvalue weighted by molar-refractivity contribution is -0.310. The quantitative estimate of drug-likeness (QED) is 0.584. The van der Waals surface area contributed by atoms with Crippen molar-refractivity contribution < 1.29 is 9.90 Å². The molecule has 0 saturated carbocycles. The van der Waals surface area contributed by atoms with Gasteiger partial charge in [-0.1, -0.05) is 18.7 Å². The molecule has 1 rings (SSSR count). The summed E-state index contributed by atoms with van der Waals surface area (Å²) in [6.07, 6.45) is 2.12. The number of carboxylic acids is 1. The zero-order chi connectivity index (χ0) is 10.6. The number of amidine groups is 1. The van der Waals surface area contributed by atoms with Crippen LogP contribution in [0.3, 0.4) is 0 Å². The highest BCUT2D eigenvalue weighted by Crippen LogP contribution is 2.21. The van der Waals surface area contributed by atoms with Crippen LogP contribution in [0.4, 0.5) is 0 Å². The van der Waals surface area contributed by atoms with E-state index in [9.17, 15) is 9.90 Å². The van der Waals surface area contributed by atoms with Gasteiger partial charge in [0.25, 0.3) is 0 Å². The third-order valence-electron chi connectivity index (χ3n) is 1.99. The van der Waals surface area contributed by atoms with Crippen LogP contribution in [0.15, 0.2) is 4.99 Å². The molecule has 6 heteroatoms. The third-order valence-corrected chi connectivity index (χ3v) is 2.96. The fourth-order valence-corrected chi connectivity index (χ4v) is 2.32. The predicted octanol–water partition coefficient (Wildman–Crippen LogP) is -0.599. The van der Waals surface area contributed by atoms with Crippen molar-refractivity contribution in [2.75, 3.05) is 12.3 Å². The lowest BCUT2D eigenvalue weighted by atomic mass is 10.2. The molecule has 0 bridgehead atoms. The maximum atomic E-state index is 10.8. The van der Waals surface area contributed by atoms with Crippen molar-refractivity contribution in [3.63, 3.8) is 0 Å². The molecule has 0 aromatic carbocycles. The van der Waals surface area contributed by atoms with Crippen LogP contribution in [-0.4, -0.2) is 34.4 Å². The average Bonchev–Trinajstić information content (AvgIpc) is 2.55. The number of carbonyl (C=O) groups excluding carboxylic acids is 1. The van der Waals surface area contributed by atoms with Gasteiger partial charge in [-0.3, -0.25) is 0 Å². The molecule has 0 aromatic heterocycles. The number of carbonyl (C=O) groups is 1. The molecule has 1 fully saturated rings. The van der Waals surface area contributed by atoms with Crippen LogP contribution in [0, 0.1) is 11.5 Å². The van der Waals surface area contributed by atoms with E-state index in [0.717, 1.165) is 5.75 Å². The molecule has 1 aliphatic rings. The van der Waals surface area contributed by atoms with Crippen molar-refractivity contribution in [2.45, 2.75) is 19.4 Å². The molecule has 1 heterocycles. The fraction of sp³-hybridized carbons (Fsp3) is 0.625. The molecular formula is C8H10N3O2S-. The minimum Gasteiger partial charge on any atom is -0.548 e. The number of aliphatic imine (C=N–C) groups is 1. The summed E-state index contributed by atoms with van der Waals surface area (Å²) in [7, 11) is 0. The lowest BCUT2D eigenvalue weighted by Crippen LogP contribution is -2.48. The summed E-state index contributed by atoms with van der Waals surface area (Å²) in [4.78, 5) is 16.0. The second kappa shape index (κ2) is 4.86. The Morgan fingerprint density at radius 3 is 3.14 bits per heavy atom. The SMILES string of the molecule is CCC(C(=O)[O-])N1CCSC1=NC#N. The number of carboxylic acid groups (broad SMARTS) is 1. The minimum atomic E-state index is -1.11. The van der Waals surface area contributed by atoms with E-state index in [4.69, 9.17) is 5.26 Å². The number of thioether (sulfide) groups is 1. The van der Waals surface area contributed by atoms with Crippen molar-refractivity contribution >= 4 is 22.9 Å². The van der Waals surface area contributed by atoms with Gasteiger partial charge >= 0.3 is 0 Å². The maximum Gasteiger partial charge on any atom is 0.208 e. The summed E-state index contributed by atoms with van der Waals surface area (Å²) < 4.78 is 0. The Hall–Kier alpha value is -1.22. The van der Waals surface area contributed by atoms with E-state index >= 15 is 0 Å². The number of nitriles is 1. The smallest absolute Gasteiger partial charge is 0.208 e. The Morgan fingerprint density at radius 2 is 2.64 bits per heavy atom. The van der Waals surface area contributed by atoms with Crippen molar-refractivity contribution in [3.05, 3.63) is 0 Å². The Balaban J connectivity index is 2.80. The molecular weight excluding hydrogens is 202 g/mol. The average molecular weight is 212 g/mol. The van der Waals surface area contributed by atoms with Crippen LogP contribution in [0.1, 0.15) is 13.3 Å².